The predicted octanol–water partition coefficient (Wildman–Crippen LogP) is 6.79. The van der Waals surface area contributed by atoms with Gasteiger partial charge in [0.15, 0.2) is 0 Å². The summed E-state index contributed by atoms with van der Waals surface area (Å²) in [6, 6.07) is 8.36. The molecule has 6 bridgehead atoms. The van der Waals surface area contributed by atoms with Gasteiger partial charge in [0.05, 0.1) is 60.8 Å². The average molecular weight is 926 g/mol. The highest BCUT2D eigenvalue weighted by Crippen LogP contribution is 2.43. The van der Waals surface area contributed by atoms with Gasteiger partial charge in [0.1, 0.15) is 23.2 Å². The van der Waals surface area contributed by atoms with Crippen molar-refractivity contribution < 1.29 is 38.1 Å². The SMILES string of the molecule is CO[C@@H](C)c1ncccc1-c1c2c3cc(ccc3n1CCO[C@H]1CCOC(C)(C)C1)-c1csc(n1)[C@@H](N1CCCC1)[C@H](NC(=O)[C@@H]1OC[C@@H]1C)C(=O)N1CCC[C@H](N1)C(=O)OCC(C)(C)C2. The number of thiazole rings is 1. The largest absolute Gasteiger partial charge is 0.464 e. The second-order valence-electron chi connectivity index (χ2n) is 20.4. The molecule has 0 aliphatic carbocycles. The average Bonchev–Trinajstić information content (AvgIpc) is 4.07. The number of methoxy groups -OCH3 is 1. The van der Waals surface area contributed by atoms with E-state index in [0.29, 0.717) is 52.2 Å². The zero-order chi connectivity index (χ0) is 46.3. The summed E-state index contributed by atoms with van der Waals surface area (Å²) in [4.78, 5) is 55.5. The first-order chi connectivity index (χ1) is 31.7. The number of hydrogen-bond donors (Lipinski definition) is 2. The molecule has 0 radical (unpaired) electrons. The minimum Gasteiger partial charge on any atom is -0.464 e. The number of pyridine rings is 1. The Balaban J connectivity index is 1.19. The first-order valence-corrected chi connectivity index (χ1v) is 24.8. The highest BCUT2D eigenvalue weighted by molar-refractivity contribution is 7.10. The van der Waals surface area contributed by atoms with E-state index in [1.54, 1.807) is 7.11 Å². The Morgan fingerprint density at radius 2 is 1.91 bits per heavy atom. The Morgan fingerprint density at radius 3 is 2.65 bits per heavy atom. The Morgan fingerprint density at radius 1 is 1.09 bits per heavy atom. The molecule has 0 unspecified atom stereocenters. The molecule has 66 heavy (non-hydrogen) atoms. The van der Waals surface area contributed by atoms with Crippen LogP contribution < -0.4 is 10.7 Å². The van der Waals surface area contributed by atoms with E-state index in [4.69, 9.17) is 33.7 Å². The number of carbonyl (C=O) groups is 3. The molecule has 1 aromatic carbocycles. The molecule has 5 aliphatic heterocycles. The van der Waals surface area contributed by atoms with Gasteiger partial charge in [0, 0.05) is 78.2 Å². The number of nitrogens with one attached hydrogen (secondary N) is 2. The molecule has 4 aromatic rings. The molecular formula is C50H67N7O8S. The lowest BCUT2D eigenvalue weighted by molar-refractivity contribution is -0.162. The van der Waals surface area contributed by atoms with Gasteiger partial charge in [0.25, 0.3) is 5.91 Å². The van der Waals surface area contributed by atoms with E-state index in [9.17, 15) is 14.4 Å². The maximum absolute atomic E-state index is 14.9. The summed E-state index contributed by atoms with van der Waals surface area (Å²) < 4.78 is 32.9. The van der Waals surface area contributed by atoms with Crippen LogP contribution in [0.2, 0.25) is 0 Å². The molecule has 16 heteroatoms. The van der Waals surface area contributed by atoms with E-state index in [0.717, 1.165) is 88.5 Å². The van der Waals surface area contributed by atoms with Crippen molar-refractivity contribution in [3.63, 3.8) is 0 Å². The van der Waals surface area contributed by atoms with E-state index < -0.39 is 35.6 Å². The minimum atomic E-state index is -0.991. The lowest BCUT2D eigenvalue weighted by Gasteiger charge is -2.40. The Labute approximate surface area is 392 Å². The highest BCUT2D eigenvalue weighted by atomic mass is 32.1. The van der Waals surface area contributed by atoms with Crippen LogP contribution in [0.1, 0.15) is 108 Å². The number of benzene rings is 1. The molecule has 9 rings (SSSR count). The van der Waals surface area contributed by atoms with Crippen molar-refractivity contribution in [2.75, 3.05) is 53.2 Å². The number of hydrazine groups is 1. The number of fused-ring (bicyclic) bond motifs is 6. The fraction of sp³-hybridized carbons (Fsp3) is 0.620. The maximum Gasteiger partial charge on any atom is 0.324 e. The fourth-order valence-corrected chi connectivity index (χ4v) is 11.5. The zero-order valence-corrected chi connectivity index (χ0v) is 40.4. The number of esters is 1. The van der Waals surface area contributed by atoms with Crippen LogP contribution in [0.4, 0.5) is 0 Å². The molecule has 15 nitrogen and oxygen atoms in total. The van der Waals surface area contributed by atoms with Crippen molar-refractivity contribution in [3.8, 4) is 22.5 Å². The van der Waals surface area contributed by atoms with Gasteiger partial charge in [-0.2, -0.15) is 0 Å². The van der Waals surface area contributed by atoms with Gasteiger partial charge in [0.2, 0.25) is 5.91 Å². The summed E-state index contributed by atoms with van der Waals surface area (Å²) in [6.45, 7) is 16.8. The molecule has 5 aliphatic rings. The minimum absolute atomic E-state index is 0.0303. The number of likely N-dealkylation sites (tertiary alicyclic amines) is 1. The van der Waals surface area contributed by atoms with Crippen LogP contribution in [0.15, 0.2) is 41.9 Å². The van der Waals surface area contributed by atoms with Crippen molar-refractivity contribution in [2.24, 2.45) is 11.3 Å². The van der Waals surface area contributed by atoms with Crippen molar-refractivity contribution >= 4 is 40.0 Å². The monoisotopic (exact) mass is 925 g/mol. The van der Waals surface area contributed by atoms with E-state index in [1.165, 1.54) is 16.3 Å². The third-order valence-corrected chi connectivity index (χ3v) is 15.0. The molecular weight excluding hydrogens is 859 g/mol. The van der Waals surface area contributed by atoms with Gasteiger partial charge in [-0.3, -0.25) is 29.3 Å². The van der Waals surface area contributed by atoms with Crippen molar-refractivity contribution in [1.82, 2.24) is 35.2 Å². The standard InChI is InChI=1S/C50H67N7O8S/c1-30-27-63-44(30)45(58)53-41-43(55-18-8-9-19-55)46-52-38(28-66-46)32-14-15-39-35(24-32)36(26-49(3,4)29-64-48(60)37-13-11-20-57(54-37)47(41)59)42(34-12-10-17-51-40(34)31(2)61-7)56(39)21-23-62-33-16-22-65-50(5,6)25-33/h10,12,14-15,17,24,28,30-31,33,37,41,43-44,54H,8-9,11,13,16,18-23,25-27,29H2,1-7H3,(H,53,58)/t30-,31-,33-,37-,41-,43-,44+/m0/s1. The second-order valence-corrected chi connectivity index (χ2v) is 21.2. The van der Waals surface area contributed by atoms with Gasteiger partial charge < -0.3 is 33.6 Å². The summed E-state index contributed by atoms with van der Waals surface area (Å²) in [5, 5.41) is 8.54. The Bertz CT molecular complexity index is 2410. The van der Waals surface area contributed by atoms with Gasteiger partial charge in [-0.05, 0) is 102 Å². The summed E-state index contributed by atoms with van der Waals surface area (Å²) in [5.74, 6) is -1.02. The molecule has 2 amide bonds. The zero-order valence-electron chi connectivity index (χ0n) is 39.6. The van der Waals surface area contributed by atoms with Gasteiger partial charge in [-0.25, -0.2) is 10.4 Å². The van der Waals surface area contributed by atoms with E-state index >= 15 is 0 Å². The van der Waals surface area contributed by atoms with E-state index in [1.807, 2.05) is 26.1 Å². The van der Waals surface area contributed by atoms with Gasteiger partial charge in [-0.15, -0.1) is 11.3 Å². The Kier molecular flexibility index (Phi) is 13.7. The fourth-order valence-electron chi connectivity index (χ4n) is 10.5. The topological polar surface area (TPSA) is 159 Å². The van der Waals surface area contributed by atoms with Crippen molar-refractivity contribution in [3.05, 3.63) is 58.2 Å². The molecule has 8 heterocycles. The first kappa shape index (κ1) is 46.8. The number of rotatable bonds is 10. The lowest BCUT2D eigenvalue weighted by atomic mass is 9.84. The summed E-state index contributed by atoms with van der Waals surface area (Å²) in [7, 11) is 1.71. The number of carbonyl (C=O) groups excluding carboxylic acids is 3. The molecule has 4 saturated heterocycles. The van der Waals surface area contributed by atoms with Crippen molar-refractivity contribution in [2.45, 2.75) is 135 Å². The molecule has 0 spiro atoms. The smallest absolute Gasteiger partial charge is 0.324 e. The molecule has 356 valence electrons. The molecule has 2 N–H and O–H groups in total. The van der Waals surface area contributed by atoms with Crippen LogP contribution in [0.5, 0.6) is 0 Å². The van der Waals surface area contributed by atoms with Crippen LogP contribution in [-0.4, -0.2) is 125 Å². The highest BCUT2D eigenvalue weighted by Gasteiger charge is 2.45. The quantitative estimate of drug-likeness (QED) is 0.161. The third-order valence-electron chi connectivity index (χ3n) is 14.1. The Hall–Kier alpha value is -4.29. The number of nitrogens with zero attached hydrogens (tertiary/aromatic N) is 5. The summed E-state index contributed by atoms with van der Waals surface area (Å²) in [6.07, 6.45) is 6.25. The van der Waals surface area contributed by atoms with Crippen LogP contribution in [-0.2, 0) is 51.0 Å². The van der Waals surface area contributed by atoms with E-state index in [-0.39, 0.29) is 42.1 Å². The van der Waals surface area contributed by atoms with Crippen LogP contribution in [0.3, 0.4) is 0 Å². The number of amides is 2. The molecule has 4 fully saturated rings. The molecule has 3 aromatic heterocycles. The van der Waals surface area contributed by atoms with Gasteiger partial charge in [-0.1, -0.05) is 26.8 Å². The van der Waals surface area contributed by atoms with Crippen molar-refractivity contribution in [1.29, 1.82) is 0 Å². The summed E-state index contributed by atoms with van der Waals surface area (Å²) >= 11 is 1.51. The summed E-state index contributed by atoms with van der Waals surface area (Å²) in [5.41, 5.74) is 9.17. The third kappa shape index (κ3) is 9.69. The normalized spacial score (nSPS) is 27.5. The number of cyclic esters (lactones) is 1. The molecule has 7 atom stereocenters. The maximum atomic E-state index is 14.9. The second kappa shape index (κ2) is 19.4. The number of aromatic nitrogens is 3. The van der Waals surface area contributed by atoms with E-state index in [2.05, 4.69) is 77.6 Å². The number of ether oxygens (including phenoxy) is 5. The predicted molar refractivity (Wildman–Crippen MR) is 251 cm³/mol. The van der Waals surface area contributed by atoms with Crippen LogP contribution in [0.25, 0.3) is 33.4 Å². The number of hydrogen-bond acceptors (Lipinski definition) is 13. The van der Waals surface area contributed by atoms with Crippen LogP contribution in [0, 0.1) is 11.3 Å². The molecule has 0 saturated carbocycles. The van der Waals surface area contributed by atoms with Gasteiger partial charge >= 0.3 is 5.97 Å². The lowest BCUT2D eigenvalue weighted by Crippen LogP contribution is -2.64. The first-order valence-electron chi connectivity index (χ1n) is 23.9. The van der Waals surface area contributed by atoms with Crippen LogP contribution >= 0.6 is 11.3 Å².